The minimum Gasteiger partial charge on any atom is -0.378 e. The van der Waals surface area contributed by atoms with Crippen molar-refractivity contribution in [1.82, 2.24) is 25.7 Å². The zero-order chi connectivity index (χ0) is 14.5. The van der Waals surface area contributed by atoms with E-state index in [4.69, 9.17) is 4.74 Å². The number of morpholine rings is 1. The summed E-state index contributed by atoms with van der Waals surface area (Å²) >= 11 is 0. The molecule has 110 valence electrons. The molecular weight excluding hydrogens is 272 g/mol. The second kappa shape index (κ2) is 6.31. The lowest BCUT2D eigenvalue weighted by atomic mass is 10.2. The van der Waals surface area contributed by atoms with Crippen LogP contribution in [0.25, 0.3) is 0 Å². The average molecular weight is 288 g/mol. The summed E-state index contributed by atoms with van der Waals surface area (Å²) in [5.74, 6) is 0.672. The van der Waals surface area contributed by atoms with Gasteiger partial charge in [-0.2, -0.15) is 15.4 Å². The van der Waals surface area contributed by atoms with Gasteiger partial charge in [-0.15, -0.1) is 0 Å². The van der Waals surface area contributed by atoms with Gasteiger partial charge < -0.3 is 15.0 Å². The lowest BCUT2D eigenvalue weighted by Crippen LogP contribution is -2.36. The van der Waals surface area contributed by atoms with Gasteiger partial charge in [-0.25, -0.2) is 4.98 Å². The van der Waals surface area contributed by atoms with Gasteiger partial charge in [0.2, 0.25) is 0 Å². The highest BCUT2D eigenvalue weighted by Gasteiger charge is 2.12. The van der Waals surface area contributed by atoms with Crippen LogP contribution in [-0.4, -0.2) is 52.6 Å². The van der Waals surface area contributed by atoms with Gasteiger partial charge in [0.05, 0.1) is 19.4 Å². The van der Waals surface area contributed by atoms with Gasteiger partial charge in [-0.3, -0.25) is 4.79 Å². The third-order valence-corrected chi connectivity index (χ3v) is 3.24. The Balaban J connectivity index is 1.55. The van der Waals surface area contributed by atoms with E-state index in [-0.39, 0.29) is 11.6 Å². The summed E-state index contributed by atoms with van der Waals surface area (Å²) in [5, 5.41) is 12.5. The Kier molecular flexibility index (Phi) is 4.06. The minimum atomic E-state index is -0.263. The Morgan fingerprint density at radius 3 is 2.86 bits per heavy atom. The number of amides is 1. The second-order valence-electron chi connectivity index (χ2n) is 4.66. The first kappa shape index (κ1) is 13.5. The van der Waals surface area contributed by atoms with Crippen LogP contribution in [0.1, 0.15) is 16.1 Å². The lowest BCUT2D eigenvalue weighted by molar-refractivity contribution is 0.0946. The Morgan fingerprint density at radius 1 is 1.33 bits per heavy atom. The molecule has 0 aromatic carbocycles. The number of hydrogen-bond donors (Lipinski definition) is 2. The summed E-state index contributed by atoms with van der Waals surface area (Å²) < 4.78 is 5.31. The maximum atomic E-state index is 11.7. The number of ether oxygens (including phenoxy) is 1. The molecular formula is C13H16N6O2. The van der Waals surface area contributed by atoms with E-state index in [1.54, 1.807) is 6.20 Å². The molecule has 3 rings (SSSR count). The number of carbonyl (C=O) groups excluding carboxylic acids is 1. The third-order valence-electron chi connectivity index (χ3n) is 3.24. The van der Waals surface area contributed by atoms with Crippen LogP contribution >= 0.6 is 0 Å². The van der Waals surface area contributed by atoms with Crippen LogP contribution in [0.2, 0.25) is 0 Å². The van der Waals surface area contributed by atoms with Crippen molar-refractivity contribution >= 4 is 11.7 Å². The standard InChI is InChI=1S/C13H16N6O2/c20-13(11-9-16-18-17-11)15-8-10-1-2-12(14-7-10)19-3-5-21-6-4-19/h1-2,7,9H,3-6,8H2,(H,15,20)(H,16,17,18). The maximum absolute atomic E-state index is 11.7. The van der Waals surface area contributed by atoms with Crippen molar-refractivity contribution in [2.45, 2.75) is 6.54 Å². The topological polar surface area (TPSA) is 96.0 Å². The Labute approximate surface area is 121 Å². The minimum absolute atomic E-state index is 0.263. The van der Waals surface area contributed by atoms with Gasteiger partial charge in [0.1, 0.15) is 5.82 Å². The highest BCUT2D eigenvalue weighted by atomic mass is 16.5. The zero-order valence-corrected chi connectivity index (χ0v) is 11.5. The molecule has 0 unspecified atom stereocenters. The number of aromatic nitrogens is 4. The number of nitrogens with one attached hydrogen (secondary N) is 2. The summed E-state index contributed by atoms with van der Waals surface area (Å²) in [6.07, 6.45) is 3.16. The molecule has 3 heterocycles. The van der Waals surface area contributed by atoms with Crippen LogP contribution in [-0.2, 0) is 11.3 Å². The predicted molar refractivity (Wildman–Crippen MR) is 74.8 cm³/mol. The van der Waals surface area contributed by atoms with Crippen molar-refractivity contribution in [2.75, 3.05) is 31.2 Å². The quantitative estimate of drug-likeness (QED) is 0.820. The summed E-state index contributed by atoms with van der Waals surface area (Å²) in [4.78, 5) is 18.3. The van der Waals surface area contributed by atoms with Gasteiger partial charge in [0.15, 0.2) is 5.69 Å². The SMILES string of the molecule is O=C(NCc1ccc(N2CCOCC2)nc1)c1cn[nH]n1. The van der Waals surface area contributed by atoms with Gasteiger partial charge in [0.25, 0.3) is 5.91 Å². The van der Waals surface area contributed by atoms with Crippen LogP contribution in [0.15, 0.2) is 24.5 Å². The molecule has 2 aromatic heterocycles. The molecule has 8 nitrogen and oxygen atoms in total. The Hall–Kier alpha value is -2.48. The van der Waals surface area contributed by atoms with Gasteiger partial charge in [-0.1, -0.05) is 6.07 Å². The lowest BCUT2D eigenvalue weighted by Gasteiger charge is -2.27. The van der Waals surface area contributed by atoms with Crippen LogP contribution in [0.5, 0.6) is 0 Å². The summed E-state index contributed by atoms with van der Waals surface area (Å²) in [5.41, 5.74) is 1.21. The molecule has 0 aliphatic carbocycles. The smallest absolute Gasteiger partial charge is 0.273 e. The fourth-order valence-corrected chi connectivity index (χ4v) is 2.08. The van der Waals surface area contributed by atoms with Crippen molar-refractivity contribution in [1.29, 1.82) is 0 Å². The van der Waals surface area contributed by atoms with Gasteiger partial charge in [0, 0.05) is 25.8 Å². The molecule has 21 heavy (non-hydrogen) atoms. The van der Waals surface area contributed by atoms with E-state index < -0.39 is 0 Å². The number of hydrogen-bond acceptors (Lipinski definition) is 6. The molecule has 0 bridgehead atoms. The van der Waals surface area contributed by atoms with E-state index >= 15 is 0 Å². The van der Waals surface area contributed by atoms with Crippen LogP contribution in [0.3, 0.4) is 0 Å². The van der Waals surface area contributed by atoms with E-state index in [9.17, 15) is 4.79 Å². The molecule has 2 N–H and O–H groups in total. The number of rotatable bonds is 4. The first-order valence-electron chi connectivity index (χ1n) is 6.74. The molecule has 0 atom stereocenters. The number of carbonyl (C=O) groups is 1. The number of H-pyrrole nitrogens is 1. The average Bonchev–Trinajstić information content (AvgIpc) is 3.08. The highest BCUT2D eigenvalue weighted by Crippen LogP contribution is 2.12. The number of pyridine rings is 1. The summed E-state index contributed by atoms with van der Waals surface area (Å²) in [6, 6.07) is 3.92. The second-order valence-corrected chi connectivity index (χ2v) is 4.66. The first-order valence-corrected chi connectivity index (χ1v) is 6.74. The number of nitrogens with zero attached hydrogens (tertiary/aromatic N) is 4. The van der Waals surface area contributed by atoms with E-state index in [2.05, 4.69) is 30.6 Å². The zero-order valence-electron chi connectivity index (χ0n) is 11.5. The third kappa shape index (κ3) is 3.34. The molecule has 1 aliphatic rings. The van der Waals surface area contributed by atoms with Crippen LogP contribution in [0.4, 0.5) is 5.82 Å². The molecule has 1 aliphatic heterocycles. The van der Waals surface area contributed by atoms with Crippen molar-refractivity contribution in [3.05, 3.63) is 35.8 Å². The van der Waals surface area contributed by atoms with Gasteiger partial charge >= 0.3 is 0 Å². The van der Waals surface area contributed by atoms with E-state index in [1.807, 2.05) is 12.1 Å². The number of anilines is 1. The predicted octanol–water partition coefficient (Wildman–Crippen LogP) is -0.0337. The monoisotopic (exact) mass is 288 g/mol. The van der Waals surface area contributed by atoms with E-state index in [0.29, 0.717) is 6.54 Å². The summed E-state index contributed by atoms with van der Waals surface area (Å²) in [6.45, 7) is 3.58. The molecule has 8 heteroatoms. The number of aromatic amines is 1. The Morgan fingerprint density at radius 2 is 2.19 bits per heavy atom. The largest absolute Gasteiger partial charge is 0.378 e. The van der Waals surface area contributed by atoms with Crippen molar-refractivity contribution in [3.8, 4) is 0 Å². The molecule has 2 aromatic rings. The molecule has 1 fully saturated rings. The maximum Gasteiger partial charge on any atom is 0.273 e. The fourth-order valence-electron chi connectivity index (χ4n) is 2.08. The molecule has 0 spiro atoms. The fraction of sp³-hybridized carbons (Fsp3) is 0.385. The normalized spacial score (nSPS) is 15.0. The van der Waals surface area contributed by atoms with E-state index in [1.165, 1.54) is 6.20 Å². The molecule has 0 radical (unpaired) electrons. The molecule has 0 saturated carbocycles. The molecule has 1 saturated heterocycles. The van der Waals surface area contributed by atoms with E-state index in [0.717, 1.165) is 37.7 Å². The van der Waals surface area contributed by atoms with Crippen LogP contribution < -0.4 is 10.2 Å². The van der Waals surface area contributed by atoms with Gasteiger partial charge in [-0.05, 0) is 11.6 Å². The summed E-state index contributed by atoms with van der Waals surface area (Å²) in [7, 11) is 0. The first-order chi connectivity index (χ1) is 10.3. The highest BCUT2D eigenvalue weighted by molar-refractivity contribution is 5.91. The van der Waals surface area contributed by atoms with Crippen molar-refractivity contribution in [2.24, 2.45) is 0 Å². The Bertz CT molecular complexity index is 577. The van der Waals surface area contributed by atoms with Crippen LogP contribution in [0, 0.1) is 0 Å². The molecule has 1 amide bonds. The van der Waals surface area contributed by atoms with Crippen molar-refractivity contribution in [3.63, 3.8) is 0 Å². The van der Waals surface area contributed by atoms with Crippen molar-refractivity contribution < 1.29 is 9.53 Å².